The highest BCUT2D eigenvalue weighted by molar-refractivity contribution is 5.66. The van der Waals surface area contributed by atoms with Gasteiger partial charge in [-0.25, -0.2) is 9.97 Å². The molecule has 0 atom stereocenters. The van der Waals surface area contributed by atoms with Crippen molar-refractivity contribution in [3.63, 3.8) is 0 Å². The van der Waals surface area contributed by atoms with Crippen LogP contribution in [-0.4, -0.2) is 15.0 Å². The molecule has 0 aliphatic rings. The Hall–Kier alpha value is -2.03. The fourth-order valence-electron chi connectivity index (χ4n) is 1.05. The highest BCUT2D eigenvalue weighted by atomic mass is 14.8. The molecule has 0 unspecified atom stereocenters. The van der Waals surface area contributed by atoms with E-state index in [4.69, 9.17) is 0 Å². The molecular weight excluding hydrogens is 174 g/mol. The normalized spacial score (nSPS) is 10.6. The first-order valence-corrected chi connectivity index (χ1v) is 4.29. The van der Waals surface area contributed by atoms with Crippen LogP contribution in [0.25, 0.3) is 12.2 Å². The Morgan fingerprint density at radius 1 is 1.00 bits per heavy atom. The zero-order valence-corrected chi connectivity index (χ0v) is 7.54. The predicted octanol–water partition coefficient (Wildman–Crippen LogP) is 2.04. The maximum Gasteiger partial charge on any atom is 0.115 e. The van der Waals surface area contributed by atoms with Crippen LogP contribution in [0.2, 0.25) is 0 Å². The molecule has 0 aliphatic carbocycles. The number of hydrogen-bond donors (Lipinski definition) is 0. The molecule has 0 amide bonds. The molecule has 68 valence electrons. The van der Waals surface area contributed by atoms with Crippen LogP contribution in [0, 0.1) is 0 Å². The van der Waals surface area contributed by atoms with Crippen molar-refractivity contribution >= 4 is 12.2 Å². The summed E-state index contributed by atoms with van der Waals surface area (Å²) >= 11 is 0. The fourth-order valence-corrected chi connectivity index (χ4v) is 1.05. The zero-order chi connectivity index (χ0) is 9.64. The highest BCUT2D eigenvalue weighted by Crippen LogP contribution is 2.02. The van der Waals surface area contributed by atoms with Crippen molar-refractivity contribution in [2.24, 2.45) is 0 Å². The zero-order valence-electron chi connectivity index (χ0n) is 7.54. The van der Waals surface area contributed by atoms with Gasteiger partial charge >= 0.3 is 0 Å². The first-order chi connectivity index (χ1) is 6.95. The van der Waals surface area contributed by atoms with E-state index in [1.807, 2.05) is 30.4 Å². The maximum atomic E-state index is 4.17. The van der Waals surface area contributed by atoms with Gasteiger partial charge in [0.25, 0.3) is 0 Å². The number of rotatable bonds is 2. The van der Waals surface area contributed by atoms with Gasteiger partial charge in [0.05, 0.1) is 5.69 Å². The van der Waals surface area contributed by atoms with E-state index in [2.05, 4.69) is 15.0 Å². The Morgan fingerprint density at radius 3 is 2.57 bits per heavy atom. The summed E-state index contributed by atoms with van der Waals surface area (Å²) < 4.78 is 0. The van der Waals surface area contributed by atoms with E-state index in [-0.39, 0.29) is 0 Å². The van der Waals surface area contributed by atoms with Gasteiger partial charge in [-0.05, 0) is 24.3 Å². The Kier molecular flexibility index (Phi) is 2.62. The molecule has 0 N–H and O–H groups in total. The molecule has 0 spiro atoms. The second-order valence-electron chi connectivity index (χ2n) is 2.76. The quantitative estimate of drug-likeness (QED) is 0.715. The lowest BCUT2D eigenvalue weighted by Crippen LogP contribution is -1.79. The van der Waals surface area contributed by atoms with Crippen molar-refractivity contribution in [1.82, 2.24) is 15.0 Å². The minimum Gasteiger partial charge on any atom is -0.257 e. The first kappa shape index (κ1) is 8.56. The van der Waals surface area contributed by atoms with Gasteiger partial charge in [-0.1, -0.05) is 6.07 Å². The third kappa shape index (κ3) is 2.23. The molecule has 14 heavy (non-hydrogen) atoms. The third-order valence-corrected chi connectivity index (χ3v) is 1.71. The van der Waals surface area contributed by atoms with Gasteiger partial charge in [0.15, 0.2) is 0 Å². The molecule has 0 fully saturated rings. The highest BCUT2D eigenvalue weighted by Gasteiger charge is 1.86. The van der Waals surface area contributed by atoms with Crippen LogP contribution in [-0.2, 0) is 0 Å². The van der Waals surface area contributed by atoms with Crippen molar-refractivity contribution in [2.75, 3.05) is 0 Å². The van der Waals surface area contributed by atoms with E-state index in [1.165, 1.54) is 6.33 Å². The van der Waals surface area contributed by atoms with Crippen LogP contribution in [0.4, 0.5) is 0 Å². The molecule has 0 aliphatic heterocycles. The molecule has 3 nitrogen and oxygen atoms in total. The summed E-state index contributed by atoms with van der Waals surface area (Å²) in [5, 5.41) is 0. The maximum absolute atomic E-state index is 4.17. The fraction of sp³-hybridized carbons (Fsp3) is 0. The lowest BCUT2D eigenvalue weighted by molar-refractivity contribution is 1.16. The Balaban J connectivity index is 2.16. The van der Waals surface area contributed by atoms with E-state index in [0.717, 1.165) is 11.3 Å². The van der Waals surface area contributed by atoms with Gasteiger partial charge in [0, 0.05) is 24.2 Å². The van der Waals surface area contributed by atoms with Crippen LogP contribution in [0.15, 0.2) is 43.1 Å². The summed E-state index contributed by atoms with van der Waals surface area (Å²) in [4.78, 5) is 12.0. The van der Waals surface area contributed by atoms with Gasteiger partial charge in [0.1, 0.15) is 6.33 Å². The standard InChI is InChI=1S/C11H9N3/c1-2-6-14-11(3-1)5-4-10-7-12-9-13-8-10/h1-9H/b5-4+. The minimum atomic E-state index is 0.927. The Bertz CT molecular complexity index is 368. The van der Waals surface area contributed by atoms with E-state index < -0.39 is 0 Å². The molecule has 3 heteroatoms. The van der Waals surface area contributed by atoms with Gasteiger partial charge in [-0.2, -0.15) is 0 Å². The van der Waals surface area contributed by atoms with E-state index in [0.29, 0.717) is 0 Å². The second-order valence-corrected chi connectivity index (χ2v) is 2.76. The summed E-state index contributed by atoms with van der Waals surface area (Å²) in [5.41, 5.74) is 1.90. The first-order valence-electron chi connectivity index (χ1n) is 4.29. The monoisotopic (exact) mass is 183 g/mol. The van der Waals surface area contributed by atoms with Gasteiger partial charge in [-0.15, -0.1) is 0 Å². The molecule has 2 aromatic heterocycles. The molecule has 2 rings (SSSR count). The van der Waals surface area contributed by atoms with Crippen LogP contribution in [0.5, 0.6) is 0 Å². The number of pyridine rings is 1. The predicted molar refractivity (Wildman–Crippen MR) is 55.2 cm³/mol. The van der Waals surface area contributed by atoms with Crippen molar-refractivity contribution in [1.29, 1.82) is 0 Å². The SMILES string of the molecule is C(=C\c1ccccn1)/c1cncnc1. The molecule has 2 aromatic rings. The van der Waals surface area contributed by atoms with Crippen molar-refractivity contribution in [3.8, 4) is 0 Å². The summed E-state index contributed by atoms with van der Waals surface area (Å²) in [6, 6.07) is 5.79. The largest absolute Gasteiger partial charge is 0.257 e. The molecule has 0 radical (unpaired) electrons. The Morgan fingerprint density at radius 2 is 1.86 bits per heavy atom. The number of nitrogens with zero attached hydrogens (tertiary/aromatic N) is 3. The van der Waals surface area contributed by atoms with Crippen molar-refractivity contribution in [2.45, 2.75) is 0 Å². The molecule has 0 saturated heterocycles. The smallest absolute Gasteiger partial charge is 0.115 e. The Labute approximate surface area is 82.2 Å². The van der Waals surface area contributed by atoms with Gasteiger partial charge in [-0.3, -0.25) is 4.98 Å². The number of aromatic nitrogens is 3. The van der Waals surface area contributed by atoms with E-state index >= 15 is 0 Å². The van der Waals surface area contributed by atoms with E-state index in [9.17, 15) is 0 Å². The minimum absolute atomic E-state index is 0.927. The summed E-state index contributed by atoms with van der Waals surface area (Å²) in [5.74, 6) is 0. The van der Waals surface area contributed by atoms with Gasteiger partial charge < -0.3 is 0 Å². The molecule has 0 aromatic carbocycles. The summed E-state index contributed by atoms with van der Waals surface area (Å²) in [7, 11) is 0. The second kappa shape index (κ2) is 4.28. The van der Waals surface area contributed by atoms with Crippen molar-refractivity contribution < 1.29 is 0 Å². The average molecular weight is 183 g/mol. The van der Waals surface area contributed by atoms with Crippen LogP contribution >= 0.6 is 0 Å². The van der Waals surface area contributed by atoms with Crippen molar-refractivity contribution in [3.05, 3.63) is 54.4 Å². The molecular formula is C11H9N3. The third-order valence-electron chi connectivity index (χ3n) is 1.71. The average Bonchev–Trinajstić information content (AvgIpc) is 2.29. The number of hydrogen-bond acceptors (Lipinski definition) is 3. The molecule has 2 heterocycles. The lowest BCUT2D eigenvalue weighted by atomic mass is 10.2. The van der Waals surface area contributed by atoms with Gasteiger partial charge in [0.2, 0.25) is 0 Å². The van der Waals surface area contributed by atoms with Crippen LogP contribution in [0.1, 0.15) is 11.3 Å². The topological polar surface area (TPSA) is 38.7 Å². The van der Waals surface area contributed by atoms with Crippen LogP contribution in [0.3, 0.4) is 0 Å². The van der Waals surface area contributed by atoms with Crippen LogP contribution < -0.4 is 0 Å². The summed E-state index contributed by atoms with van der Waals surface area (Å²) in [6.45, 7) is 0. The molecule has 0 saturated carbocycles. The molecule has 0 bridgehead atoms. The summed E-state index contributed by atoms with van der Waals surface area (Å²) in [6.07, 6.45) is 10.7. The lowest BCUT2D eigenvalue weighted by Gasteiger charge is -1.91. The van der Waals surface area contributed by atoms with E-state index in [1.54, 1.807) is 18.6 Å².